The van der Waals surface area contributed by atoms with E-state index in [1.54, 1.807) is 16.8 Å². The van der Waals surface area contributed by atoms with Gasteiger partial charge in [-0.1, -0.05) is 11.6 Å². The maximum atomic E-state index is 11.2. The summed E-state index contributed by atoms with van der Waals surface area (Å²) in [6.07, 6.45) is 4.66. The highest BCUT2D eigenvalue weighted by atomic mass is 35.5. The van der Waals surface area contributed by atoms with E-state index < -0.39 is 0 Å². The van der Waals surface area contributed by atoms with E-state index in [1.165, 1.54) is 6.20 Å². The van der Waals surface area contributed by atoms with E-state index in [2.05, 4.69) is 9.97 Å². The first-order chi connectivity index (χ1) is 6.70. The predicted molar refractivity (Wildman–Crippen MR) is 51.4 cm³/mol. The Morgan fingerprint density at radius 1 is 1.57 bits per heavy atom. The van der Waals surface area contributed by atoms with Crippen LogP contribution in [0.3, 0.4) is 0 Å². The number of aromatic nitrogens is 3. The maximum Gasteiger partial charge on any atom is 0.196 e. The van der Waals surface area contributed by atoms with Crippen LogP contribution in [-0.2, 0) is 0 Å². The first kappa shape index (κ1) is 9.11. The Kier molecular flexibility index (Phi) is 2.18. The quantitative estimate of drug-likeness (QED) is 0.734. The van der Waals surface area contributed by atoms with Crippen LogP contribution in [0.1, 0.15) is 10.5 Å². The van der Waals surface area contributed by atoms with Gasteiger partial charge in [0, 0.05) is 12.4 Å². The molecule has 0 saturated carbocycles. The van der Waals surface area contributed by atoms with Crippen LogP contribution in [0.5, 0.6) is 0 Å². The van der Waals surface area contributed by atoms with Crippen molar-refractivity contribution in [3.8, 4) is 0 Å². The zero-order valence-corrected chi connectivity index (χ0v) is 7.90. The molecule has 5 nitrogen and oxygen atoms in total. The summed E-state index contributed by atoms with van der Waals surface area (Å²) in [6, 6.07) is 0. The van der Waals surface area contributed by atoms with Gasteiger partial charge in [0.15, 0.2) is 11.4 Å². The molecule has 2 rings (SSSR count). The Morgan fingerprint density at radius 2 is 2.36 bits per heavy atom. The lowest BCUT2D eigenvalue weighted by Gasteiger charge is -1.90. The van der Waals surface area contributed by atoms with Crippen LogP contribution in [0, 0.1) is 0 Å². The highest BCUT2D eigenvalue weighted by Crippen LogP contribution is 2.08. The largest absolute Gasteiger partial charge is 0.324 e. The van der Waals surface area contributed by atoms with E-state index >= 15 is 0 Å². The summed E-state index contributed by atoms with van der Waals surface area (Å²) in [5, 5.41) is 0.349. The van der Waals surface area contributed by atoms with Gasteiger partial charge in [-0.05, 0) is 0 Å². The minimum absolute atomic E-state index is 0.0506. The molecule has 0 aliphatic carbocycles. The Morgan fingerprint density at radius 3 is 3.07 bits per heavy atom. The zero-order valence-electron chi connectivity index (χ0n) is 7.14. The predicted octanol–water partition coefficient (Wildman–Crippen LogP) is 0.524. The molecular weight excluding hydrogens is 204 g/mol. The van der Waals surface area contributed by atoms with Gasteiger partial charge < -0.3 is 10.1 Å². The second-order valence-electron chi connectivity index (χ2n) is 2.73. The normalized spacial score (nSPS) is 10.7. The molecule has 0 spiro atoms. The lowest BCUT2D eigenvalue weighted by molar-refractivity contribution is 0.0997. The first-order valence-electron chi connectivity index (χ1n) is 3.94. The van der Waals surface area contributed by atoms with Gasteiger partial charge in [-0.3, -0.25) is 4.79 Å². The van der Waals surface area contributed by atoms with Crippen LogP contribution < -0.4 is 5.73 Å². The zero-order chi connectivity index (χ0) is 10.1. The SMILES string of the molecule is NCC(=O)c1cn2cc(Cl)ncc2n1. The molecule has 0 aliphatic heterocycles. The summed E-state index contributed by atoms with van der Waals surface area (Å²) in [7, 11) is 0. The number of fused-ring (bicyclic) bond motifs is 1. The van der Waals surface area contributed by atoms with Gasteiger partial charge in [0.05, 0.1) is 12.7 Å². The third-order valence-corrected chi connectivity index (χ3v) is 1.98. The van der Waals surface area contributed by atoms with Crippen LogP contribution in [-0.4, -0.2) is 26.7 Å². The van der Waals surface area contributed by atoms with Crippen molar-refractivity contribution in [2.24, 2.45) is 5.73 Å². The molecule has 2 aromatic rings. The molecule has 2 N–H and O–H groups in total. The lowest BCUT2D eigenvalue weighted by Crippen LogP contribution is -2.13. The average molecular weight is 211 g/mol. The second-order valence-corrected chi connectivity index (χ2v) is 3.12. The van der Waals surface area contributed by atoms with E-state index in [0.29, 0.717) is 16.5 Å². The molecule has 0 unspecified atom stereocenters. The van der Waals surface area contributed by atoms with Gasteiger partial charge >= 0.3 is 0 Å². The number of nitrogens with two attached hydrogens (primary N) is 1. The van der Waals surface area contributed by atoms with Crippen molar-refractivity contribution in [3.63, 3.8) is 0 Å². The monoisotopic (exact) mass is 210 g/mol. The Hall–Kier alpha value is -1.46. The Labute approximate surface area is 84.5 Å². The fraction of sp³-hybridized carbons (Fsp3) is 0.125. The summed E-state index contributed by atoms with van der Waals surface area (Å²) in [6.45, 7) is -0.0506. The van der Waals surface area contributed by atoms with Crippen LogP contribution in [0.15, 0.2) is 18.6 Å². The van der Waals surface area contributed by atoms with Gasteiger partial charge in [-0.15, -0.1) is 0 Å². The number of imidazole rings is 1. The molecule has 0 aromatic carbocycles. The molecule has 14 heavy (non-hydrogen) atoms. The van der Waals surface area contributed by atoms with Gasteiger partial charge in [0.2, 0.25) is 0 Å². The first-order valence-corrected chi connectivity index (χ1v) is 4.32. The molecule has 6 heteroatoms. The van der Waals surface area contributed by atoms with E-state index in [9.17, 15) is 4.79 Å². The van der Waals surface area contributed by atoms with Crippen molar-refractivity contribution in [2.75, 3.05) is 6.54 Å². The minimum Gasteiger partial charge on any atom is -0.324 e. The molecular formula is C8H7ClN4O. The van der Waals surface area contributed by atoms with Crippen LogP contribution >= 0.6 is 11.6 Å². The Balaban J connectivity index is 2.56. The maximum absolute atomic E-state index is 11.2. The summed E-state index contributed by atoms with van der Waals surface area (Å²) >= 11 is 5.67. The number of ketones is 1. The van der Waals surface area contributed by atoms with Crippen LogP contribution in [0.4, 0.5) is 0 Å². The smallest absolute Gasteiger partial charge is 0.196 e. The summed E-state index contributed by atoms with van der Waals surface area (Å²) in [5.41, 5.74) is 6.12. The number of hydrogen-bond acceptors (Lipinski definition) is 4. The highest BCUT2D eigenvalue weighted by Gasteiger charge is 2.08. The summed E-state index contributed by atoms with van der Waals surface area (Å²) in [5.74, 6) is -0.204. The molecule has 0 atom stereocenters. The van der Waals surface area contributed by atoms with Gasteiger partial charge in [0.25, 0.3) is 0 Å². The van der Waals surface area contributed by atoms with Crippen LogP contribution in [0.25, 0.3) is 5.65 Å². The highest BCUT2D eigenvalue weighted by molar-refractivity contribution is 6.29. The molecule has 0 aliphatic rings. The third kappa shape index (κ3) is 1.47. The third-order valence-electron chi connectivity index (χ3n) is 1.78. The van der Waals surface area contributed by atoms with Crippen molar-refractivity contribution in [1.29, 1.82) is 0 Å². The van der Waals surface area contributed by atoms with Crippen LogP contribution in [0.2, 0.25) is 5.15 Å². The number of carbonyl (C=O) groups excluding carboxylic acids is 1. The summed E-state index contributed by atoms with van der Waals surface area (Å²) in [4.78, 5) is 19.1. The molecule has 2 heterocycles. The molecule has 0 radical (unpaired) electrons. The van der Waals surface area contributed by atoms with Crippen molar-refractivity contribution in [1.82, 2.24) is 14.4 Å². The number of hydrogen-bond donors (Lipinski definition) is 1. The van der Waals surface area contributed by atoms with E-state index in [1.807, 2.05) is 0 Å². The molecule has 0 fully saturated rings. The number of carbonyl (C=O) groups is 1. The number of nitrogens with zero attached hydrogens (tertiary/aromatic N) is 3. The topological polar surface area (TPSA) is 73.3 Å². The lowest BCUT2D eigenvalue weighted by atomic mass is 10.3. The van der Waals surface area contributed by atoms with Crippen molar-refractivity contribution < 1.29 is 4.79 Å². The molecule has 0 amide bonds. The van der Waals surface area contributed by atoms with Gasteiger partial charge in [-0.25, -0.2) is 9.97 Å². The fourth-order valence-electron chi connectivity index (χ4n) is 1.11. The molecule has 0 saturated heterocycles. The van der Waals surface area contributed by atoms with E-state index in [-0.39, 0.29) is 12.3 Å². The molecule has 0 bridgehead atoms. The van der Waals surface area contributed by atoms with Crippen molar-refractivity contribution in [3.05, 3.63) is 29.4 Å². The number of rotatable bonds is 2. The Bertz CT molecular complexity index is 493. The standard InChI is InChI=1S/C8H7ClN4O/c9-7-4-13-3-5(6(14)1-10)12-8(13)2-11-7/h2-4H,1,10H2. The average Bonchev–Trinajstić information content (AvgIpc) is 2.59. The molecule has 72 valence electrons. The van der Waals surface area contributed by atoms with Gasteiger partial charge in [0.1, 0.15) is 10.8 Å². The second kappa shape index (κ2) is 3.36. The van der Waals surface area contributed by atoms with Gasteiger partial charge in [-0.2, -0.15) is 0 Å². The van der Waals surface area contributed by atoms with E-state index in [4.69, 9.17) is 17.3 Å². The number of Topliss-reactive ketones (excluding diaryl/α,β-unsaturated/α-hetero) is 1. The van der Waals surface area contributed by atoms with E-state index in [0.717, 1.165) is 0 Å². The summed E-state index contributed by atoms with van der Waals surface area (Å²) < 4.78 is 1.64. The molecule has 2 aromatic heterocycles. The minimum atomic E-state index is -0.204. The van der Waals surface area contributed by atoms with Crippen molar-refractivity contribution in [2.45, 2.75) is 0 Å². The number of halogens is 1. The van der Waals surface area contributed by atoms with Crippen molar-refractivity contribution >= 4 is 23.0 Å². The fourth-order valence-corrected chi connectivity index (χ4v) is 1.27.